The van der Waals surface area contributed by atoms with Crippen molar-refractivity contribution in [1.29, 1.82) is 0 Å². The van der Waals surface area contributed by atoms with E-state index in [4.69, 9.17) is 9.47 Å². The van der Waals surface area contributed by atoms with Gasteiger partial charge < -0.3 is 9.47 Å². The molecule has 2 atom stereocenters. The molecule has 0 spiro atoms. The molecule has 0 fully saturated rings. The summed E-state index contributed by atoms with van der Waals surface area (Å²) < 4.78 is 13.2. The van der Waals surface area contributed by atoms with Gasteiger partial charge in [0.15, 0.2) is 0 Å². The second-order valence-electron chi connectivity index (χ2n) is 7.50. The average Bonchev–Trinajstić information content (AvgIpc) is 2.65. The molecule has 150 valence electrons. The summed E-state index contributed by atoms with van der Waals surface area (Å²) in [7, 11) is 0. The smallest absolute Gasteiger partial charge is 0.134 e. The van der Waals surface area contributed by atoms with Crippen LogP contribution in [-0.2, 0) is 0 Å². The predicted molar refractivity (Wildman–Crippen MR) is 116 cm³/mol. The van der Waals surface area contributed by atoms with Gasteiger partial charge in [-0.15, -0.1) is 0 Å². The van der Waals surface area contributed by atoms with Gasteiger partial charge >= 0.3 is 0 Å². The maximum atomic E-state index is 6.14. The minimum absolute atomic E-state index is 0.641. The maximum Gasteiger partial charge on any atom is 0.134 e. The Morgan fingerprint density at radius 3 is 1.77 bits per heavy atom. The highest BCUT2D eigenvalue weighted by Gasteiger charge is 2.13. The Kier molecular flexibility index (Phi) is 12.1. The molecule has 0 heterocycles. The van der Waals surface area contributed by atoms with Crippen LogP contribution in [0.4, 0.5) is 0 Å². The summed E-state index contributed by atoms with van der Waals surface area (Å²) in [6, 6.07) is 4.18. The van der Waals surface area contributed by atoms with Crippen LogP contribution >= 0.6 is 15.9 Å². The molecule has 1 aromatic rings. The van der Waals surface area contributed by atoms with E-state index in [1.807, 2.05) is 0 Å². The van der Waals surface area contributed by atoms with Crippen molar-refractivity contribution in [2.24, 2.45) is 11.8 Å². The van der Waals surface area contributed by atoms with Crippen LogP contribution in [0.25, 0.3) is 0 Å². The number of rotatable bonds is 14. The first-order valence-corrected chi connectivity index (χ1v) is 11.4. The van der Waals surface area contributed by atoms with E-state index >= 15 is 0 Å². The topological polar surface area (TPSA) is 18.5 Å². The van der Waals surface area contributed by atoms with Crippen LogP contribution in [0.3, 0.4) is 0 Å². The Morgan fingerprint density at radius 1 is 0.808 bits per heavy atom. The molecular formula is C23H39BrO2. The van der Waals surface area contributed by atoms with E-state index in [0.717, 1.165) is 34.7 Å². The molecule has 0 N–H and O–H groups in total. The first-order valence-electron chi connectivity index (χ1n) is 10.6. The van der Waals surface area contributed by atoms with Crippen LogP contribution in [-0.4, -0.2) is 13.2 Å². The predicted octanol–water partition coefficient (Wildman–Crippen LogP) is 7.95. The van der Waals surface area contributed by atoms with Crippen molar-refractivity contribution in [3.8, 4) is 11.5 Å². The Balaban J connectivity index is 2.63. The number of aryl methyl sites for hydroxylation is 1. The molecule has 0 bridgehead atoms. The summed E-state index contributed by atoms with van der Waals surface area (Å²) in [6.45, 7) is 12.7. The van der Waals surface area contributed by atoms with Gasteiger partial charge in [-0.3, -0.25) is 0 Å². The molecule has 0 amide bonds. The van der Waals surface area contributed by atoms with Crippen molar-refractivity contribution < 1.29 is 9.47 Å². The van der Waals surface area contributed by atoms with E-state index in [9.17, 15) is 0 Å². The van der Waals surface area contributed by atoms with Crippen LogP contribution < -0.4 is 9.47 Å². The van der Waals surface area contributed by atoms with Gasteiger partial charge in [0.2, 0.25) is 0 Å². The fraction of sp³-hybridized carbons (Fsp3) is 0.739. The van der Waals surface area contributed by atoms with Gasteiger partial charge in [0, 0.05) is 0 Å². The van der Waals surface area contributed by atoms with Crippen molar-refractivity contribution in [3.05, 3.63) is 22.2 Å². The Hall–Kier alpha value is -0.700. The van der Waals surface area contributed by atoms with Crippen LogP contribution in [0.15, 0.2) is 16.6 Å². The second-order valence-corrected chi connectivity index (χ2v) is 8.36. The van der Waals surface area contributed by atoms with Crippen LogP contribution in [0.5, 0.6) is 11.5 Å². The number of hydrogen-bond donors (Lipinski definition) is 0. The molecular weight excluding hydrogens is 388 g/mol. The lowest BCUT2D eigenvalue weighted by Gasteiger charge is -2.19. The molecule has 2 unspecified atom stereocenters. The Morgan fingerprint density at radius 2 is 1.31 bits per heavy atom. The molecule has 0 saturated heterocycles. The van der Waals surface area contributed by atoms with E-state index in [1.165, 1.54) is 51.4 Å². The zero-order valence-corrected chi connectivity index (χ0v) is 19.2. The third-order valence-electron chi connectivity index (χ3n) is 5.27. The van der Waals surface area contributed by atoms with Crippen molar-refractivity contribution in [3.63, 3.8) is 0 Å². The highest BCUT2D eigenvalue weighted by atomic mass is 79.9. The minimum atomic E-state index is 0.641. The molecule has 1 aromatic carbocycles. The number of benzene rings is 1. The molecule has 26 heavy (non-hydrogen) atoms. The molecule has 0 aromatic heterocycles. The largest absolute Gasteiger partial charge is 0.493 e. The van der Waals surface area contributed by atoms with Crippen LogP contribution in [0.2, 0.25) is 0 Å². The van der Waals surface area contributed by atoms with Gasteiger partial charge in [-0.25, -0.2) is 0 Å². The number of halogens is 1. The van der Waals surface area contributed by atoms with Crippen LogP contribution in [0, 0.1) is 18.8 Å². The van der Waals surface area contributed by atoms with Crippen molar-refractivity contribution in [2.75, 3.05) is 13.2 Å². The van der Waals surface area contributed by atoms with E-state index in [-0.39, 0.29) is 0 Å². The Bertz CT molecular complexity index is 455. The fourth-order valence-corrected chi connectivity index (χ4v) is 3.55. The molecule has 3 heteroatoms. The molecule has 0 aliphatic rings. The van der Waals surface area contributed by atoms with Gasteiger partial charge in [0.05, 0.1) is 17.7 Å². The van der Waals surface area contributed by atoms with E-state index in [0.29, 0.717) is 11.8 Å². The summed E-state index contributed by atoms with van der Waals surface area (Å²) in [5.41, 5.74) is 1.15. The molecule has 0 radical (unpaired) electrons. The fourth-order valence-electron chi connectivity index (χ4n) is 3.11. The zero-order chi connectivity index (χ0) is 19.4. The van der Waals surface area contributed by atoms with E-state index in [2.05, 4.69) is 62.7 Å². The molecule has 2 nitrogen and oxygen atoms in total. The normalized spacial score (nSPS) is 13.5. The Labute approximate surface area is 170 Å². The second kappa shape index (κ2) is 13.5. The number of ether oxygens (including phenoxy) is 2. The first kappa shape index (κ1) is 23.3. The molecule has 1 rings (SSSR count). The quantitative estimate of drug-likeness (QED) is 0.300. The third kappa shape index (κ3) is 8.33. The van der Waals surface area contributed by atoms with Crippen molar-refractivity contribution in [2.45, 2.75) is 86.0 Å². The standard InChI is InChI=1S/C23H39BrO2/c1-6-10-12-19(8-3)16-25-22-15-21(24)23(14-18(22)5)26-17-20(9-4)13-11-7-2/h14-15,19-20H,6-13,16-17H2,1-5H3. The van der Waals surface area contributed by atoms with Crippen molar-refractivity contribution in [1.82, 2.24) is 0 Å². The molecule has 0 saturated carbocycles. The minimum Gasteiger partial charge on any atom is -0.493 e. The van der Waals surface area contributed by atoms with Gasteiger partial charge in [-0.2, -0.15) is 0 Å². The van der Waals surface area contributed by atoms with Gasteiger partial charge in [0.25, 0.3) is 0 Å². The summed E-state index contributed by atoms with van der Waals surface area (Å²) >= 11 is 3.67. The summed E-state index contributed by atoms with van der Waals surface area (Å²) in [5, 5.41) is 0. The van der Waals surface area contributed by atoms with E-state index < -0.39 is 0 Å². The van der Waals surface area contributed by atoms with Gasteiger partial charge in [-0.1, -0.05) is 66.2 Å². The lowest BCUT2D eigenvalue weighted by Crippen LogP contribution is -2.13. The monoisotopic (exact) mass is 426 g/mol. The number of hydrogen-bond acceptors (Lipinski definition) is 2. The van der Waals surface area contributed by atoms with Crippen molar-refractivity contribution >= 4 is 15.9 Å². The third-order valence-corrected chi connectivity index (χ3v) is 5.88. The summed E-state index contributed by atoms with van der Waals surface area (Å²) in [6.07, 6.45) is 9.93. The lowest BCUT2D eigenvalue weighted by atomic mass is 10.0. The average molecular weight is 427 g/mol. The van der Waals surface area contributed by atoms with E-state index in [1.54, 1.807) is 0 Å². The SMILES string of the molecule is CCCCC(CC)COc1cc(Br)c(OCC(CC)CCCC)cc1C. The molecule has 0 aliphatic heterocycles. The first-order chi connectivity index (χ1) is 12.5. The maximum absolute atomic E-state index is 6.14. The lowest BCUT2D eigenvalue weighted by molar-refractivity contribution is 0.226. The van der Waals surface area contributed by atoms with Gasteiger partial charge in [-0.05, 0) is 65.2 Å². The highest BCUT2D eigenvalue weighted by molar-refractivity contribution is 9.10. The summed E-state index contributed by atoms with van der Waals surface area (Å²) in [5.74, 6) is 3.19. The highest BCUT2D eigenvalue weighted by Crippen LogP contribution is 2.33. The van der Waals surface area contributed by atoms with Gasteiger partial charge in [0.1, 0.15) is 11.5 Å². The summed E-state index contributed by atoms with van der Waals surface area (Å²) in [4.78, 5) is 0. The number of unbranched alkanes of at least 4 members (excludes halogenated alkanes) is 2. The molecule has 0 aliphatic carbocycles. The zero-order valence-electron chi connectivity index (χ0n) is 17.6. The van der Waals surface area contributed by atoms with Crippen LogP contribution in [0.1, 0.15) is 84.6 Å².